The number of aromatic nitrogens is 2. The number of anilines is 1. The van der Waals surface area contributed by atoms with Gasteiger partial charge in [0.1, 0.15) is 0 Å². The van der Waals surface area contributed by atoms with Crippen molar-refractivity contribution >= 4 is 24.0 Å². The van der Waals surface area contributed by atoms with Crippen molar-refractivity contribution in [2.45, 2.75) is 39.5 Å². The summed E-state index contributed by atoms with van der Waals surface area (Å²) in [5.41, 5.74) is 4.19. The fourth-order valence-corrected chi connectivity index (χ4v) is 2.87. The van der Waals surface area contributed by atoms with Crippen LogP contribution >= 0.6 is 12.4 Å². The minimum absolute atomic E-state index is 0. The van der Waals surface area contributed by atoms with Crippen LogP contribution in [0.25, 0.3) is 0 Å². The molecule has 1 aromatic heterocycles. The predicted molar refractivity (Wildman–Crippen MR) is 106 cm³/mol. The highest BCUT2D eigenvalue weighted by Gasteiger charge is 2.21. The molecule has 0 atom stereocenters. The van der Waals surface area contributed by atoms with Gasteiger partial charge in [-0.1, -0.05) is 12.1 Å². The number of nitrogens with zero attached hydrogens (tertiary/aromatic N) is 1. The lowest BCUT2D eigenvalue weighted by Crippen LogP contribution is -2.25. The van der Waals surface area contributed by atoms with Gasteiger partial charge >= 0.3 is 0 Å². The molecule has 2 heterocycles. The van der Waals surface area contributed by atoms with Gasteiger partial charge in [0.05, 0.1) is 25.9 Å². The fraction of sp³-hybridized carbons (Fsp3) is 0.474. The first kappa shape index (κ1) is 21.4. The number of carbonyl (C=O) groups excluding carboxylic acids is 1. The topological polar surface area (TPSA) is 88.3 Å². The van der Waals surface area contributed by atoms with Gasteiger partial charge in [-0.05, 0) is 31.5 Å². The Labute approximate surface area is 165 Å². The summed E-state index contributed by atoms with van der Waals surface area (Å²) in [7, 11) is 0. The number of aromatic amines is 1. The fourth-order valence-electron chi connectivity index (χ4n) is 2.87. The molecule has 0 unspecified atom stereocenters. The summed E-state index contributed by atoms with van der Waals surface area (Å²) < 4.78 is 11.1. The number of hydrogen-bond acceptors (Lipinski definition) is 5. The van der Waals surface area contributed by atoms with Crippen LogP contribution in [0.15, 0.2) is 24.3 Å². The number of halogens is 1. The van der Waals surface area contributed by atoms with Crippen molar-refractivity contribution in [3.8, 4) is 0 Å². The van der Waals surface area contributed by atoms with Crippen molar-refractivity contribution < 1.29 is 14.3 Å². The Bertz CT molecular complexity index is 748. The predicted octanol–water partition coefficient (Wildman–Crippen LogP) is 2.67. The maximum atomic E-state index is 12.6. The Morgan fingerprint density at radius 3 is 3.00 bits per heavy atom. The lowest BCUT2D eigenvalue weighted by atomic mass is 10.1. The quantitative estimate of drug-likeness (QED) is 0.599. The molecule has 0 aliphatic carbocycles. The normalized spacial score (nSPS) is 13.1. The molecule has 0 radical (unpaired) electrons. The van der Waals surface area contributed by atoms with Crippen LogP contribution in [-0.4, -0.2) is 42.0 Å². The second kappa shape index (κ2) is 10.4. The summed E-state index contributed by atoms with van der Waals surface area (Å²) in [6.45, 7) is 7.17. The van der Waals surface area contributed by atoms with Crippen LogP contribution in [0.3, 0.4) is 0 Å². The first-order valence-electron chi connectivity index (χ1n) is 9.00. The van der Waals surface area contributed by atoms with E-state index in [2.05, 4.69) is 20.8 Å². The molecule has 1 aliphatic rings. The van der Waals surface area contributed by atoms with Gasteiger partial charge in [-0.2, -0.15) is 5.10 Å². The van der Waals surface area contributed by atoms with Gasteiger partial charge in [0.25, 0.3) is 5.91 Å². The van der Waals surface area contributed by atoms with E-state index in [1.54, 1.807) is 0 Å². The molecule has 0 spiro atoms. The summed E-state index contributed by atoms with van der Waals surface area (Å²) in [5, 5.41) is 13.3. The molecular weight excluding hydrogens is 368 g/mol. The molecule has 1 aliphatic heterocycles. The highest BCUT2D eigenvalue weighted by atomic mass is 35.5. The highest BCUT2D eigenvalue weighted by molar-refractivity contribution is 6.04. The first-order chi connectivity index (χ1) is 12.6. The summed E-state index contributed by atoms with van der Waals surface area (Å²) in [4.78, 5) is 12.6. The maximum Gasteiger partial charge on any atom is 0.276 e. The van der Waals surface area contributed by atoms with Gasteiger partial charge in [0.2, 0.25) is 0 Å². The van der Waals surface area contributed by atoms with Gasteiger partial charge < -0.3 is 20.1 Å². The van der Waals surface area contributed by atoms with Crippen LogP contribution in [0.1, 0.15) is 41.2 Å². The lowest BCUT2D eigenvalue weighted by molar-refractivity contribution is 0.0143. The van der Waals surface area contributed by atoms with E-state index in [4.69, 9.17) is 9.47 Å². The third-order valence-electron chi connectivity index (χ3n) is 4.15. The van der Waals surface area contributed by atoms with Gasteiger partial charge in [-0.25, -0.2) is 0 Å². The number of hydrogen-bond donors (Lipinski definition) is 3. The first-order valence-corrected chi connectivity index (χ1v) is 9.00. The zero-order valence-electron chi connectivity index (χ0n) is 15.7. The van der Waals surface area contributed by atoms with Crippen LogP contribution in [-0.2, 0) is 29.0 Å². The molecule has 8 heteroatoms. The van der Waals surface area contributed by atoms with E-state index in [0.717, 1.165) is 35.5 Å². The van der Waals surface area contributed by atoms with E-state index in [1.165, 1.54) is 0 Å². The molecule has 148 valence electrons. The molecule has 0 saturated heterocycles. The number of amides is 1. The molecule has 0 fully saturated rings. The average Bonchev–Trinajstić information content (AvgIpc) is 3.06. The molecular formula is C19H27ClN4O3. The van der Waals surface area contributed by atoms with Gasteiger partial charge in [-0.3, -0.25) is 9.89 Å². The Hall–Kier alpha value is -1.93. The third-order valence-corrected chi connectivity index (χ3v) is 4.15. The number of H-pyrrole nitrogens is 1. The Balaban J connectivity index is 0.00000261. The second-order valence-corrected chi connectivity index (χ2v) is 6.58. The van der Waals surface area contributed by atoms with Gasteiger partial charge in [0, 0.05) is 36.5 Å². The SMILES string of the molecule is CC(C)OCCOCc1cccc(NC(=O)c2n[nH]c3c2CNCC3)c1.Cl. The molecule has 1 amide bonds. The summed E-state index contributed by atoms with van der Waals surface area (Å²) in [6.07, 6.45) is 1.07. The molecule has 0 bridgehead atoms. The van der Waals surface area contributed by atoms with Crippen molar-refractivity contribution in [2.24, 2.45) is 0 Å². The molecule has 3 rings (SSSR count). The average molecular weight is 395 g/mol. The number of benzene rings is 1. The van der Waals surface area contributed by atoms with Crippen molar-refractivity contribution in [2.75, 3.05) is 25.1 Å². The van der Waals surface area contributed by atoms with E-state index in [1.807, 2.05) is 38.1 Å². The molecule has 7 nitrogen and oxygen atoms in total. The number of rotatable bonds is 8. The number of ether oxygens (including phenoxy) is 2. The van der Waals surface area contributed by atoms with Crippen LogP contribution < -0.4 is 10.6 Å². The van der Waals surface area contributed by atoms with E-state index >= 15 is 0 Å². The summed E-state index contributed by atoms with van der Waals surface area (Å²) >= 11 is 0. The molecule has 1 aromatic carbocycles. The Morgan fingerprint density at radius 1 is 1.33 bits per heavy atom. The molecule has 2 aromatic rings. The van der Waals surface area contributed by atoms with E-state index in [9.17, 15) is 4.79 Å². The number of carbonyl (C=O) groups is 1. The minimum atomic E-state index is -0.199. The van der Waals surface area contributed by atoms with Crippen LogP contribution in [0.2, 0.25) is 0 Å². The zero-order chi connectivity index (χ0) is 18.4. The summed E-state index contributed by atoms with van der Waals surface area (Å²) in [6, 6.07) is 7.65. The Morgan fingerprint density at radius 2 is 2.19 bits per heavy atom. The van der Waals surface area contributed by atoms with Crippen molar-refractivity contribution in [1.29, 1.82) is 0 Å². The number of fused-ring (bicyclic) bond motifs is 1. The largest absolute Gasteiger partial charge is 0.376 e. The van der Waals surface area contributed by atoms with Crippen molar-refractivity contribution in [3.05, 3.63) is 46.8 Å². The molecule has 0 saturated carbocycles. The molecule has 3 N–H and O–H groups in total. The maximum absolute atomic E-state index is 12.6. The van der Waals surface area contributed by atoms with Gasteiger partial charge in [-0.15, -0.1) is 12.4 Å². The van der Waals surface area contributed by atoms with Crippen molar-refractivity contribution in [1.82, 2.24) is 15.5 Å². The van der Waals surface area contributed by atoms with Crippen molar-refractivity contribution in [3.63, 3.8) is 0 Å². The summed E-state index contributed by atoms with van der Waals surface area (Å²) in [5.74, 6) is -0.199. The standard InChI is InChI=1S/C19H26N4O3.ClH/c1-13(2)26-9-8-25-12-14-4-3-5-15(10-14)21-19(24)18-16-11-20-7-6-17(16)22-23-18;/h3-5,10,13,20H,6-9,11-12H2,1-2H3,(H,21,24)(H,22,23);1H. The van der Waals surface area contributed by atoms with Crippen LogP contribution in [0, 0.1) is 0 Å². The van der Waals surface area contributed by atoms with Crippen LogP contribution in [0.5, 0.6) is 0 Å². The van der Waals surface area contributed by atoms with Gasteiger partial charge in [0.15, 0.2) is 5.69 Å². The van der Waals surface area contributed by atoms with E-state index < -0.39 is 0 Å². The number of nitrogens with one attached hydrogen (secondary N) is 3. The van der Waals surface area contributed by atoms with E-state index in [-0.39, 0.29) is 24.4 Å². The van der Waals surface area contributed by atoms with E-state index in [0.29, 0.717) is 32.1 Å². The minimum Gasteiger partial charge on any atom is -0.376 e. The molecule has 27 heavy (non-hydrogen) atoms. The lowest BCUT2D eigenvalue weighted by Gasteiger charge is -2.13. The smallest absolute Gasteiger partial charge is 0.276 e. The zero-order valence-corrected chi connectivity index (χ0v) is 16.5. The monoisotopic (exact) mass is 394 g/mol. The van der Waals surface area contributed by atoms with Crippen LogP contribution in [0.4, 0.5) is 5.69 Å². The second-order valence-electron chi connectivity index (χ2n) is 6.58. The third kappa shape index (κ3) is 6.04. The highest BCUT2D eigenvalue weighted by Crippen LogP contribution is 2.18. The Kier molecular flexibility index (Phi) is 8.24.